The summed E-state index contributed by atoms with van der Waals surface area (Å²) in [6.45, 7) is 2.39. The van der Waals surface area contributed by atoms with E-state index >= 15 is 0 Å². The highest BCUT2D eigenvalue weighted by Crippen LogP contribution is 2.32. The Morgan fingerprint density at radius 3 is 2.70 bits per heavy atom. The molecule has 1 fully saturated rings. The highest BCUT2D eigenvalue weighted by atomic mass is 32.2. The molecule has 0 saturated carbocycles. The molecule has 1 atom stereocenters. The van der Waals surface area contributed by atoms with E-state index in [9.17, 15) is 13.5 Å². The third kappa shape index (κ3) is 3.01. The third-order valence-corrected chi connectivity index (χ3v) is 6.16. The summed E-state index contributed by atoms with van der Waals surface area (Å²) in [5.74, 6) is 0. The number of benzene rings is 1. The molecule has 2 aromatic rings. The lowest BCUT2D eigenvalue weighted by molar-refractivity contribution is -0.0161. The van der Waals surface area contributed by atoms with Crippen LogP contribution in [0.4, 0.5) is 0 Å². The molecule has 0 bridgehead atoms. The van der Waals surface area contributed by atoms with E-state index in [-0.39, 0.29) is 11.4 Å². The van der Waals surface area contributed by atoms with Gasteiger partial charge >= 0.3 is 0 Å². The second-order valence-corrected chi connectivity index (χ2v) is 7.76. The first-order valence-electron chi connectivity index (χ1n) is 7.63. The quantitative estimate of drug-likeness (QED) is 0.869. The Labute approximate surface area is 135 Å². The minimum absolute atomic E-state index is 0.0165. The average molecular weight is 336 g/mol. The fraction of sp³-hybridized carbons (Fsp3) is 0.467. The predicted octanol–water partition coefficient (Wildman–Crippen LogP) is 1.04. The first-order valence-corrected chi connectivity index (χ1v) is 9.07. The standard InChI is InChI=1S/C15H20N4O3S/c1-2-12-4-6-13(7-5-12)23(21,22)19-9-3-8-15(20,11-19)14-10-16-18-17-14/h4-7,10,20H,2-3,8-9,11H2,1H3,(H,16,17,18). The number of aromatic amines is 1. The van der Waals surface area contributed by atoms with Gasteiger partial charge in [0.05, 0.1) is 11.1 Å². The molecule has 0 radical (unpaired) electrons. The van der Waals surface area contributed by atoms with E-state index in [1.165, 1.54) is 10.5 Å². The fourth-order valence-corrected chi connectivity index (χ4v) is 4.42. The van der Waals surface area contributed by atoms with Crippen molar-refractivity contribution in [1.29, 1.82) is 0 Å². The summed E-state index contributed by atoms with van der Waals surface area (Å²) in [4.78, 5) is 0.249. The Kier molecular flexibility index (Phi) is 4.22. The van der Waals surface area contributed by atoms with E-state index < -0.39 is 15.6 Å². The average Bonchev–Trinajstić information content (AvgIpc) is 3.10. The molecule has 0 amide bonds. The molecule has 7 nitrogen and oxygen atoms in total. The molecule has 8 heteroatoms. The van der Waals surface area contributed by atoms with Crippen LogP contribution >= 0.6 is 0 Å². The Morgan fingerprint density at radius 1 is 1.35 bits per heavy atom. The first kappa shape index (κ1) is 16.1. The molecule has 0 aliphatic carbocycles. The number of aliphatic hydroxyl groups is 1. The van der Waals surface area contributed by atoms with Gasteiger partial charge in [-0.25, -0.2) is 8.42 Å². The summed E-state index contributed by atoms with van der Waals surface area (Å²) in [6, 6.07) is 6.89. The number of β-amino-alcohol motifs (C(OH)–C–C–N with tert-alkyl or cyclic N) is 1. The van der Waals surface area contributed by atoms with Crippen LogP contribution in [0.15, 0.2) is 35.4 Å². The van der Waals surface area contributed by atoms with Gasteiger partial charge in [0.25, 0.3) is 0 Å². The smallest absolute Gasteiger partial charge is 0.243 e. The van der Waals surface area contributed by atoms with Crippen molar-refractivity contribution >= 4 is 10.0 Å². The number of sulfonamides is 1. The van der Waals surface area contributed by atoms with Gasteiger partial charge in [0.2, 0.25) is 10.0 Å². The van der Waals surface area contributed by atoms with Crippen molar-refractivity contribution in [2.24, 2.45) is 0 Å². The van der Waals surface area contributed by atoms with Crippen LogP contribution in [0.1, 0.15) is 31.0 Å². The van der Waals surface area contributed by atoms with Crippen molar-refractivity contribution < 1.29 is 13.5 Å². The first-order chi connectivity index (χ1) is 11.0. The van der Waals surface area contributed by atoms with Gasteiger partial charge in [0, 0.05) is 13.1 Å². The number of aromatic nitrogens is 3. The Balaban J connectivity index is 1.87. The molecule has 1 aromatic heterocycles. The van der Waals surface area contributed by atoms with Crippen LogP contribution in [0, 0.1) is 0 Å². The molecule has 0 spiro atoms. The zero-order valence-corrected chi connectivity index (χ0v) is 13.8. The van der Waals surface area contributed by atoms with Crippen LogP contribution in [0.2, 0.25) is 0 Å². The van der Waals surface area contributed by atoms with Crippen molar-refractivity contribution in [3.05, 3.63) is 41.7 Å². The van der Waals surface area contributed by atoms with Crippen LogP contribution in [0.25, 0.3) is 0 Å². The number of hydrogen-bond donors (Lipinski definition) is 2. The maximum absolute atomic E-state index is 12.8. The molecule has 124 valence electrons. The van der Waals surface area contributed by atoms with E-state index in [1.807, 2.05) is 19.1 Å². The number of H-pyrrole nitrogens is 1. The maximum Gasteiger partial charge on any atom is 0.243 e. The van der Waals surface area contributed by atoms with Crippen molar-refractivity contribution in [3.8, 4) is 0 Å². The van der Waals surface area contributed by atoms with Crippen molar-refractivity contribution in [3.63, 3.8) is 0 Å². The van der Waals surface area contributed by atoms with Gasteiger partial charge in [-0.1, -0.05) is 19.1 Å². The van der Waals surface area contributed by atoms with E-state index in [2.05, 4.69) is 15.4 Å². The van der Waals surface area contributed by atoms with Gasteiger partial charge < -0.3 is 5.11 Å². The summed E-state index contributed by atoms with van der Waals surface area (Å²) in [7, 11) is -3.63. The lowest BCUT2D eigenvalue weighted by Gasteiger charge is -2.37. The predicted molar refractivity (Wildman–Crippen MR) is 84.1 cm³/mol. The number of aryl methyl sites for hydroxylation is 1. The number of nitrogens with zero attached hydrogens (tertiary/aromatic N) is 3. The monoisotopic (exact) mass is 336 g/mol. The number of piperidine rings is 1. The Bertz CT molecular complexity index is 759. The van der Waals surface area contributed by atoms with Gasteiger partial charge in [-0.15, -0.1) is 0 Å². The SMILES string of the molecule is CCc1ccc(S(=O)(=O)N2CCCC(O)(c3cn[nH]n3)C2)cc1. The van der Waals surface area contributed by atoms with E-state index in [4.69, 9.17) is 0 Å². The molecule has 1 saturated heterocycles. The molecule has 1 aromatic carbocycles. The molecule has 1 aliphatic rings. The second kappa shape index (κ2) is 6.03. The zero-order chi connectivity index (χ0) is 16.5. The van der Waals surface area contributed by atoms with E-state index in [0.717, 1.165) is 12.0 Å². The number of rotatable bonds is 4. The van der Waals surface area contributed by atoms with Gasteiger partial charge in [-0.05, 0) is 37.0 Å². The zero-order valence-electron chi connectivity index (χ0n) is 12.9. The summed E-state index contributed by atoms with van der Waals surface area (Å²) < 4.78 is 27.0. The summed E-state index contributed by atoms with van der Waals surface area (Å²) in [5.41, 5.74) is 0.155. The molecule has 2 heterocycles. The van der Waals surface area contributed by atoms with Crippen molar-refractivity contribution in [2.45, 2.75) is 36.7 Å². The highest BCUT2D eigenvalue weighted by molar-refractivity contribution is 7.89. The minimum atomic E-state index is -3.63. The lowest BCUT2D eigenvalue weighted by Crippen LogP contribution is -2.48. The number of nitrogens with one attached hydrogen (secondary N) is 1. The van der Waals surface area contributed by atoms with Gasteiger partial charge in [0.15, 0.2) is 0 Å². The summed E-state index contributed by atoms with van der Waals surface area (Å²) in [5, 5.41) is 20.8. The normalized spacial score (nSPS) is 23.0. The minimum Gasteiger partial charge on any atom is -0.382 e. The molecule has 1 unspecified atom stereocenters. The molecule has 23 heavy (non-hydrogen) atoms. The topological polar surface area (TPSA) is 99.2 Å². The highest BCUT2D eigenvalue weighted by Gasteiger charge is 2.41. The Morgan fingerprint density at radius 2 is 2.09 bits per heavy atom. The molecular weight excluding hydrogens is 316 g/mol. The second-order valence-electron chi connectivity index (χ2n) is 5.83. The molecule has 3 rings (SSSR count). The fourth-order valence-electron chi connectivity index (χ4n) is 2.88. The largest absolute Gasteiger partial charge is 0.382 e. The maximum atomic E-state index is 12.8. The number of hydrogen-bond acceptors (Lipinski definition) is 5. The molecular formula is C15H20N4O3S. The molecule has 2 N–H and O–H groups in total. The third-order valence-electron chi connectivity index (χ3n) is 4.30. The van der Waals surface area contributed by atoms with Crippen LogP contribution in [-0.4, -0.2) is 46.3 Å². The Hall–Kier alpha value is -1.77. The lowest BCUT2D eigenvalue weighted by atomic mass is 9.91. The van der Waals surface area contributed by atoms with Crippen molar-refractivity contribution in [1.82, 2.24) is 19.7 Å². The van der Waals surface area contributed by atoms with Gasteiger partial charge in [0.1, 0.15) is 11.3 Å². The van der Waals surface area contributed by atoms with Crippen LogP contribution in [0.5, 0.6) is 0 Å². The van der Waals surface area contributed by atoms with E-state index in [1.54, 1.807) is 12.1 Å². The molecule has 1 aliphatic heterocycles. The van der Waals surface area contributed by atoms with Crippen LogP contribution in [-0.2, 0) is 22.0 Å². The van der Waals surface area contributed by atoms with E-state index in [0.29, 0.717) is 25.1 Å². The van der Waals surface area contributed by atoms with Gasteiger partial charge in [-0.3, -0.25) is 0 Å². The summed E-state index contributed by atoms with van der Waals surface area (Å²) in [6.07, 6.45) is 3.32. The summed E-state index contributed by atoms with van der Waals surface area (Å²) >= 11 is 0. The van der Waals surface area contributed by atoms with Crippen LogP contribution < -0.4 is 0 Å². The van der Waals surface area contributed by atoms with Crippen molar-refractivity contribution in [2.75, 3.05) is 13.1 Å². The van der Waals surface area contributed by atoms with Gasteiger partial charge in [-0.2, -0.15) is 19.7 Å². The van der Waals surface area contributed by atoms with Crippen LogP contribution in [0.3, 0.4) is 0 Å².